The van der Waals surface area contributed by atoms with Crippen LogP contribution in [0, 0.1) is 0 Å². The van der Waals surface area contributed by atoms with E-state index in [-0.39, 0.29) is 36.9 Å². The van der Waals surface area contributed by atoms with Gasteiger partial charge in [0.05, 0.1) is 30.8 Å². The number of nitrogens with zero attached hydrogens (tertiary/aromatic N) is 1. The number of carbonyl (C=O) groups is 2. The fraction of sp³-hybridized carbons (Fsp3) is 0.333. The third kappa shape index (κ3) is 8.39. The molecule has 48 heavy (non-hydrogen) atoms. The minimum Gasteiger partial charge on any atom is -0.392 e. The molecular formula is C39H41ClN2O6. The maximum absolute atomic E-state index is 12.8. The molecule has 0 spiro atoms. The van der Waals surface area contributed by atoms with E-state index < -0.39 is 11.9 Å². The molecule has 0 radical (unpaired) electrons. The smallest absolute Gasteiger partial charge is 0.228 e. The summed E-state index contributed by atoms with van der Waals surface area (Å²) in [5.41, 5.74) is 4.69. The molecule has 250 valence electrons. The maximum Gasteiger partial charge on any atom is 0.228 e. The first-order chi connectivity index (χ1) is 23.2. The Morgan fingerprint density at radius 1 is 0.896 bits per heavy atom. The van der Waals surface area contributed by atoms with E-state index in [0.717, 1.165) is 40.9 Å². The summed E-state index contributed by atoms with van der Waals surface area (Å²) in [4.78, 5) is 26.8. The third-order valence-corrected chi connectivity index (χ3v) is 9.56. The molecular weight excluding hydrogens is 628 g/mol. The van der Waals surface area contributed by atoms with Gasteiger partial charge in [0.2, 0.25) is 5.91 Å². The molecule has 0 saturated carbocycles. The largest absolute Gasteiger partial charge is 0.392 e. The van der Waals surface area contributed by atoms with Crippen molar-refractivity contribution in [2.24, 2.45) is 0 Å². The molecule has 4 aromatic rings. The van der Waals surface area contributed by atoms with Crippen LogP contribution in [0.15, 0.2) is 97.1 Å². The number of hydrogen-bond donors (Lipinski definition) is 3. The molecule has 2 heterocycles. The number of ether oxygens (including phenoxy) is 2. The zero-order valence-corrected chi connectivity index (χ0v) is 27.7. The highest BCUT2D eigenvalue weighted by Gasteiger charge is 2.37. The number of carbonyl (C=O) groups excluding carboxylic acids is 2. The number of aliphatic hydroxyl groups is 2. The molecule has 4 aromatic carbocycles. The number of piperidine rings is 1. The predicted molar refractivity (Wildman–Crippen MR) is 185 cm³/mol. The van der Waals surface area contributed by atoms with Crippen molar-refractivity contribution >= 4 is 29.0 Å². The molecule has 2 saturated heterocycles. The van der Waals surface area contributed by atoms with Gasteiger partial charge in [-0.1, -0.05) is 84.4 Å². The van der Waals surface area contributed by atoms with E-state index in [0.29, 0.717) is 42.1 Å². The summed E-state index contributed by atoms with van der Waals surface area (Å²) in [5.74, 6) is -0.234. The highest BCUT2D eigenvalue weighted by atomic mass is 35.5. The van der Waals surface area contributed by atoms with Crippen molar-refractivity contribution in [3.05, 3.63) is 135 Å². The summed E-state index contributed by atoms with van der Waals surface area (Å²) in [5, 5.41) is 24.5. The number of halogens is 1. The first-order valence-corrected chi connectivity index (χ1v) is 16.8. The fourth-order valence-corrected chi connectivity index (χ4v) is 6.60. The van der Waals surface area contributed by atoms with Crippen molar-refractivity contribution in [3.8, 4) is 0 Å². The Morgan fingerprint density at radius 2 is 1.56 bits per heavy atom. The summed E-state index contributed by atoms with van der Waals surface area (Å²) < 4.78 is 13.1. The van der Waals surface area contributed by atoms with Crippen molar-refractivity contribution in [2.75, 3.05) is 25.0 Å². The molecule has 2 fully saturated rings. The number of benzene rings is 4. The number of amides is 1. The minimum absolute atomic E-state index is 0.0212. The normalized spacial score (nSPS) is 21.0. The molecule has 2 aliphatic rings. The van der Waals surface area contributed by atoms with Gasteiger partial charge in [-0.3, -0.25) is 9.59 Å². The van der Waals surface area contributed by atoms with Crippen molar-refractivity contribution < 1.29 is 29.3 Å². The molecule has 6 rings (SSSR count). The molecule has 0 aromatic heterocycles. The molecule has 2 aliphatic heterocycles. The Hall–Kier alpha value is -3.89. The molecule has 3 atom stereocenters. The second-order valence-corrected chi connectivity index (χ2v) is 13.2. The summed E-state index contributed by atoms with van der Waals surface area (Å²) in [6.07, 6.45) is 1.12. The lowest BCUT2D eigenvalue weighted by molar-refractivity contribution is -0.253. The quantitative estimate of drug-likeness (QED) is 0.161. The highest BCUT2D eigenvalue weighted by molar-refractivity contribution is 6.30. The molecule has 0 bridgehead atoms. The van der Waals surface area contributed by atoms with Gasteiger partial charge < -0.3 is 29.9 Å². The van der Waals surface area contributed by atoms with Gasteiger partial charge in [-0.15, -0.1) is 0 Å². The zero-order chi connectivity index (χ0) is 33.7. The average Bonchev–Trinajstić information content (AvgIpc) is 3.10. The van der Waals surface area contributed by atoms with E-state index in [1.165, 1.54) is 6.92 Å². The van der Waals surface area contributed by atoms with Gasteiger partial charge in [0.15, 0.2) is 12.1 Å². The Labute approximate surface area is 286 Å². The van der Waals surface area contributed by atoms with Crippen LogP contribution in [0.2, 0.25) is 5.02 Å². The standard InChI is InChI=1S/C39H41ClN2O6/c1-26(44)31-3-2-4-34(22-31)41-37(45)21-27-5-11-30(12-6-27)38-47-35(23-36(48-38)29-9-7-28(25-43)8-10-29)24-42-19-17-39(46,18-20-42)32-13-15-33(40)16-14-32/h2-16,22,35-36,38,43,46H,17-21,23-25H2,1H3,(H,41,45)/t35-,36+,38?/m0/s1. The molecule has 1 unspecified atom stereocenters. The Bertz CT molecular complexity index is 1700. The van der Waals surface area contributed by atoms with Gasteiger partial charge >= 0.3 is 0 Å². The Kier molecular flexibility index (Phi) is 10.7. The second kappa shape index (κ2) is 15.1. The predicted octanol–water partition coefficient (Wildman–Crippen LogP) is 6.75. The van der Waals surface area contributed by atoms with Crippen LogP contribution in [-0.2, 0) is 32.9 Å². The van der Waals surface area contributed by atoms with Crippen LogP contribution < -0.4 is 5.32 Å². The van der Waals surface area contributed by atoms with Gasteiger partial charge in [-0.25, -0.2) is 0 Å². The lowest BCUT2D eigenvalue weighted by atomic mass is 9.84. The average molecular weight is 669 g/mol. The second-order valence-electron chi connectivity index (χ2n) is 12.8. The van der Waals surface area contributed by atoms with Crippen LogP contribution >= 0.6 is 11.6 Å². The number of ketones is 1. The van der Waals surface area contributed by atoms with Crippen LogP contribution in [-0.4, -0.2) is 52.5 Å². The Balaban J connectivity index is 1.12. The van der Waals surface area contributed by atoms with Gasteiger partial charge in [-0.2, -0.15) is 0 Å². The number of aliphatic hydroxyl groups excluding tert-OH is 1. The monoisotopic (exact) mass is 668 g/mol. The van der Waals surface area contributed by atoms with Crippen LogP contribution in [0.25, 0.3) is 0 Å². The van der Waals surface area contributed by atoms with Crippen LogP contribution in [0.3, 0.4) is 0 Å². The molecule has 9 heteroatoms. The van der Waals surface area contributed by atoms with Crippen LogP contribution in [0.5, 0.6) is 0 Å². The lowest BCUT2D eigenvalue weighted by Crippen LogP contribution is -2.46. The number of rotatable bonds is 10. The van der Waals surface area contributed by atoms with Crippen molar-refractivity contribution in [1.29, 1.82) is 0 Å². The van der Waals surface area contributed by atoms with E-state index >= 15 is 0 Å². The van der Waals surface area contributed by atoms with E-state index in [4.69, 9.17) is 21.1 Å². The maximum atomic E-state index is 12.8. The van der Waals surface area contributed by atoms with Gasteiger partial charge in [0, 0.05) is 47.9 Å². The Morgan fingerprint density at radius 3 is 2.23 bits per heavy atom. The number of likely N-dealkylation sites (tertiary alicyclic amines) is 1. The fourth-order valence-electron chi connectivity index (χ4n) is 6.47. The van der Waals surface area contributed by atoms with E-state index in [1.807, 2.05) is 72.8 Å². The number of Topliss-reactive ketones (excluding diaryl/α,β-unsaturated/α-hetero) is 1. The van der Waals surface area contributed by atoms with Gasteiger partial charge in [-0.05, 0) is 66.3 Å². The number of hydrogen-bond acceptors (Lipinski definition) is 7. The molecule has 0 aliphatic carbocycles. The van der Waals surface area contributed by atoms with Crippen LogP contribution in [0.4, 0.5) is 5.69 Å². The minimum atomic E-state index is -0.881. The summed E-state index contributed by atoms with van der Waals surface area (Å²) in [7, 11) is 0. The van der Waals surface area contributed by atoms with Crippen molar-refractivity contribution in [2.45, 2.75) is 63.3 Å². The number of nitrogens with one attached hydrogen (secondary N) is 1. The molecule has 3 N–H and O–H groups in total. The number of anilines is 1. The third-order valence-electron chi connectivity index (χ3n) is 9.31. The topological polar surface area (TPSA) is 108 Å². The summed E-state index contributed by atoms with van der Waals surface area (Å²) in [6, 6.07) is 29.9. The first-order valence-electron chi connectivity index (χ1n) is 16.4. The van der Waals surface area contributed by atoms with E-state index in [1.54, 1.807) is 24.3 Å². The van der Waals surface area contributed by atoms with Crippen molar-refractivity contribution in [1.82, 2.24) is 4.90 Å². The lowest BCUT2D eigenvalue weighted by Gasteiger charge is -2.42. The SMILES string of the molecule is CC(=O)c1cccc(NC(=O)Cc2ccc(C3O[C@H](CN4CCC(O)(c5ccc(Cl)cc5)CC4)C[C@H](c4ccc(CO)cc4)O3)cc2)c1. The van der Waals surface area contributed by atoms with E-state index in [9.17, 15) is 19.8 Å². The summed E-state index contributed by atoms with van der Waals surface area (Å²) in [6.45, 7) is 3.64. The van der Waals surface area contributed by atoms with E-state index in [2.05, 4.69) is 10.2 Å². The van der Waals surface area contributed by atoms with Crippen LogP contribution in [0.1, 0.15) is 76.8 Å². The first kappa shape index (κ1) is 34.0. The molecule has 8 nitrogen and oxygen atoms in total. The summed E-state index contributed by atoms with van der Waals surface area (Å²) >= 11 is 6.07. The molecule has 1 amide bonds. The highest BCUT2D eigenvalue weighted by Crippen LogP contribution is 2.39. The van der Waals surface area contributed by atoms with Gasteiger partial charge in [0.25, 0.3) is 0 Å². The van der Waals surface area contributed by atoms with Crippen molar-refractivity contribution in [3.63, 3.8) is 0 Å². The zero-order valence-electron chi connectivity index (χ0n) is 27.0. The van der Waals surface area contributed by atoms with Gasteiger partial charge in [0.1, 0.15) is 0 Å².